The van der Waals surface area contributed by atoms with Crippen LogP contribution in [0, 0.1) is 0 Å². The van der Waals surface area contributed by atoms with E-state index in [0.29, 0.717) is 41.7 Å². The fourth-order valence-corrected chi connectivity index (χ4v) is 4.03. The van der Waals surface area contributed by atoms with Gasteiger partial charge in [0.25, 0.3) is 5.91 Å². The molecular weight excluding hydrogens is 410 g/mol. The lowest BCUT2D eigenvalue weighted by molar-refractivity contribution is -0.133. The topological polar surface area (TPSA) is 97.0 Å². The van der Waals surface area contributed by atoms with E-state index >= 15 is 0 Å². The van der Waals surface area contributed by atoms with Crippen LogP contribution in [0.2, 0.25) is 0 Å². The summed E-state index contributed by atoms with van der Waals surface area (Å²) in [4.78, 5) is 39.1. The second-order valence-electron chi connectivity index (χ2n) is 8.05. The average Bonchev–Trinajstić information content (AvgIpc) is 2.84. The monoisotopic (exact) mass is 437 g/mol. The van der Waals surface area contributed by atoms with Crippen molar-refractivity contribution in [2.45, 2.75) is 38.1 Å². The van der Waals surface area contributed by atoms with Gasteiger partial charge in [-0.25, -0.2) is 0 Å². The Morgan fingerprint density at radius 1 is 0.812 bits per heavy atom. The van der Waals surface area contributed by atoms with Crippen molar-refractivity contribution in [1.82, 2.24) is 4.90 Å². The van der Waals surface area contributed by atoms with Gasteiger partial charge in [0.05, 0.1) is 0 Å². The van der Waals surface area contributed by atoms with Crippen molar-refractivity contribution in [3.8, 4) is 11.5 Å². The molecule has 0 atom stereocenters. The standard InChI is InChI=1S/C24H27N3O5/c1-27(19-5-3-2-4-6-19)24(30)16-7-9-17(10-8-16)25-22(28)23(29)26-18-11-12-20-21(15-18)32-14-13-31-20/h7-12,15,19H,2-6,13-14H2,1H3,(H,25,28)(H,26,29). The zero-order chi connectivity index (χ0) is 22.5. The normalized spacial score (nSPS) is 15.5. The lowest BCUT2D eigenvalue weighted by atomic mass is 9.94. The summed E-state index contributed by atoms with van der Waals surface area (Å²) in [5.41, 5.74) is 1.42. The molecule has 8 nitrogen and oxygen atoms in total. The number of hydrogen-bond donors (Lipinski definition) is 2. The van der Waals surface area contributed by atoms with Crippen LogP contribution >= 0.6 is 0 Å². The zero-order valence-corrected chi connectivity index (χ0v) is 18.1. The van der Waals surface area contributed by atoms with Crippen LogP contribution < -0.4 is 20.1 Å². The summed E-state index contributed by atoms with van der Waals surface area (Å²) in [5.74, 6) is -0.529. The van der Waals surface area contributed by atoms with Gasteiger partial charge in [-0.3, -0.25) is 14.4 Å². The molecule has 1 aliphatic carbocycles. The molecule has 0 saturated heterocycles. The van der Waals surface area contributed by atoms with Crippen LogP contribution in [0.4, 0.5) is 11.4 Å². The third-order valence-corrected chi connectivity index (χ3v) is 5.84. The molecule has 168 valence electrons. The minimum Gasteiger partial charge on any atom is -0.486 e. The van der Waals surface area contributed by atoms with E-state index < -0.39 is 11.8 Å². The second-order valence-corrected chi connectivity index (χ2v) is 8.05. The Morgan fingerprint density at radius 2 is 1.41 bits per heavy atom. The van der Waals surface area contributed by atoms with Crippen molar-refractivity contribution in [3.05, 3.63) is 48.0 Å². The number of ether oxygens (including phenoxy) is 2. The molecule has 32 heavy (non-hydrogen) atoms. The molecule has 2 N–H and O–H groups in total. The minimum atomic E-state index is -0.807. The Bertz CT molecular complexity index is 999. The average molecular weight is 437 g/mol. The van der Waals surface area contributed by atoms with Gasteiger partial charge in [0, 0.05) is 36.1 Å². The fourth-order valence-electron chi connectivity index (χ4n) is 4.03. The molecule has 0 spiro atoms. The third-order valence-electron chi connectivity index (χ3n) is 5.84. The molecule has 2 aliphatic rings. The predicted molar refractivity (Wildman–Crippen MR) is 120 cm³/mol. The SMILES string of the molecule is CN(C(=O)c1ccc(NC(=O)C(=O)Nc2ccc3c(c2)OCCO3)cc1)C1CCCCC1. The minimum absolute atomic E-state index is 0.0360. The van der Waals surface area contributed by atoms with Gasteiger partial charge in [-0.05, 0) is 49.2 Å². The second kappa shape index (κ2) is 9.72. The molecule has 0 aromatic heterocycles. The van der Waals surface area contributed by atoms with E-state index in [4.69, 9.17) is 9.47 Å². The molecule has 4 rings (SSSR count). The number of carbonyl (C=O) groups is 3. The van der Waals surface area contributed by atoms with Crippen LogP contribution in [-0.2, 0) is 9.59 Å². The summed E-state index contributed by atoms with van der Waals surface area (Å²) < 4.78 is 10.9. The number of anilines is 2. The van der Waals surface area contributed by atoms with Crippen molar-refractivity contribution in [2.75, 3.05) is 30.9 Å². The largest absolute Gasteiger partial charge is 0.486 e. The Hall–Kier alpha value is -3.55. The van der Waals surface area contributed by atoms with Crippen molar-refractivity contribution in [2.24, 2.45) is 0 Å². The van der Waals surface area contributed by atoms with E-state index in [9.17, 15) is 14.4 Å². The van der Waals surface area contributed by atoms with E-state index in [1.807, 2.05) is 11.9 Å². The van der Waals surface area contributed by atoms with Gasteiger partial charge < -0.3 is 25.0 Å². The number of hydrogen-bond acceptors (Lipinski definition) is 5. The fraction of sp³-hybridized carbons (Fsp3) is 0.375. The van der Waals surface area contributed by atoms with Crippen LogP contribution in [0.15, 0.2) is 42.5 Å². The molecule has 0 radical (unpaired) electrons. The molecule has 1 saturated carbocycles. The molecule has 3 amide bonds. The van der Waals surface area contributed by atoms with E-state index in [0.717, 1.165) is 25.7 Å². The molecule has 8 heteroatoms. The van der Waals surface area contributed by atoms with Crippen LogP contribution in [-0.4, -0.2) is 48.9 Å². The van der Waals surface area contributed by atoms with Crippen LogP contribution in [0.1, 0.15) is 42.5 Å². The number of carbonyl (C=O) groups excluding carboxylic acids is 3. The highest BCUT2D eigenvalue weighted by Gasteiger charge is 2.23. The van der Waals surface area contributed by atoms with Gasteiger partial charge in [0.1, 0.15) is 13.2 Å². The van der Waals surface area contributed by atoms with E-state index in [1.54, 1.807) is 42.5 Å². The Morgan fingerprint density at radius 3 is 2.09 bits per heavy atom. The lowest BCUT2D eigenvalue weighted by Gasteiger charge is -2.31. The van der Waals surface area contributed by atoms with Gasteiger partial charge in [-0.1, -0.05) is 19.3 Å². The van der Waals surface area contributed by atoms with E-state index in [1.165, 1.54) is 6.42 Å². The van der Waals surface area contributed by atoms with Crippen LogP contribution in [0.5, 0.6) is 11.5 Å². The Labute approximate surface area is 186 Å². The number of nitrogens with one attached hydrogen (secondary N) is 2. The quantitative estimate of drug-likeness (QED) is 0.715. The molecule has 1 aliphatic heterocycles. The van der Waals surface area contributed by atoms with Gasteiger partial charge >= 0.3 is 11.8 Å². The molecule has 1 fully saturated rings. The number of nitrogens with zero attached hydrogens (tertiary/aromatic N) is 1. The van der Waals surface area contributed by atoms with E-state index in [2.05, 4.69) is 10.6 Å². The van der Waals surface area contributed by atoms with Crippen molar-refractivity contribution < 1.29 is 23.9 Å². The summed E-state index contributed by atoms with van der Waals surface area (Å²) in [5, 5.41) is 5.10. The maximum Gasteiger partial charge on any atom is 0.314 e. The maximum atomic E-state index is 12.7. The van der Waals surface area contributed by atoms with Crippen LogP contribution in [0.25, 0.3) is 0 Å². The molecule has 2 aromatic carbocycles. The molecule has 1 heterocycles. The number of amides is 3. The smallest absolute Gasteiger partial charge is 0.314 e. The highest BCUT2D eigenvalue weighted by atomic mass is 16.6. The van der Waals surface area contributed by atoms with Crippen LogP contribution in [0.3, 0.4) is 0 Å². The van der Waals surface area contributed by atoms with E-state index in [-0.39, 0.29) is 11.9 Å². The first kappa shape index (κ1) is 21.7. The highest BCUT2D eigenvalue weighted by Crippen LogP contribution is 2.32. The summed E-state index contributed by atoms with van der Waals surface area (Å²) in [6.07, 6.45) is 5.61. The van der Waals surface area contributed by atoms with Crippen molar-refractivity contribution in [1.29, 1.82) is 0 Å². The molecule has 0 unspecified atom stereocenters. The number of fused-ring (bicyclic) bond motifs is 1. The molecule has 2 aromatic rings. The summed E-state index contributed by atoms with van der Waals surface area (Å²) in [7, 11) is 1.84. The predicted octanol–water partition coefficient (Wildman–Crippen LogP) is 3.44. The number of benzene rings is 2. The Balaban J connectivity index is 1.33. The number of rotatable bonds is 4. The van der Waals surface area contributed by atoms with Gasteiger partial charge in [-0.15, -0.1) is 0 Å². The first-order valence-electron chi connectivity index (χ1n) is 10.9. The first-order valence-corrected chi connectivity index (χ1v) is 10.9. The lowest BCUT2D eigenvalue weighted by Crippen LogP contribution is -2.38. The van der Waals surface area contributed by atoms with Crippen molar-refractivity contribution in [3.63, 3.8) is 0 Å². The Kier molecular flexibility index (Phi) is 6.58. The third kappa shape index (κ3) is 5.01. The highest BCUT2D eigenvalue weighted by molar-refractivity contribution is 6.43. The van der Waals surface area contributed by atoms with Gasteiger partial charge in [0.2, 0.25) is 0 Å². The zero-order valence-electron chi connectivity index (χ0n) is 18.1. The van der Waals surface area contributed by atoms with Gasteiger partial charge in [0.15, 0.2) is 11.5 Å². The maximum absolute atomic E-state index is 12.7. The van der Waals surface area contributed by atoms with Gasteiger partial charge in [-0.2, -0.15) is 0 Å². The summed E-state index contributed by atoms with van der Waals surface area (Å²) in [6, 6.07) is 11.8. The summed E-state index contributed by atoms with van der Waals surface area (Å²) in [6.45, 7) is 0.905. The first-order chi connectivity index (χ1) is 15.5. The molecular formula is C24H27N3O5. The summed E-state index contributed by atoms with van der Waals surface area (Å²) >= 11 is 0. The van der Waals surface area contributed by atoms with Crippen molar-refractivity contribution >= 4 is 29.1 Å². The molecule has 0 bridgehead atoms.